The fourth-order valence-corrected chi connectivity index (χ4v) is 2.92. The maximum Gasteiger partial charge on any atom is 0.0484 e. The van der Waals surface area contributed by atoms with E-state index in [2.05, 4.69) is 16.8 Å². The lowest BCUT2D eigenvalue weighted by atomic mass is 9.88. The maximum atomic E-state index is 6.04. The summed E-state index contributed by atoms with van der Waals surface area (Å²) >= 11 is 0. The van der Waals surface area contributed by atoms with Crippen molar-refractivity contribution in [3.8, 4) is 0 Å². The van der Waals surface area contributed by atoms with Crippen molar-refractivity contribution in [2.24, 2.45) is 5.73 Å². The summed E-state index contributed by atoms with van der Waals surface area (Å²) in [7, 11) is 2.21. The Morgan fingerprint density at radius 1 is 1.12 bits per heavy atom. The van der Waals surface area contributed by atoms with E-state index in [9.17, 15) is 0 Å². The van der Waals surface area contributed by atoms with Gasteiger partial charge in [-0.25, -0.2) is 0 Å². The summed E-state index contributed by atoms with van der Waals surface area (Å²) in [5.41, 5.74) is 6.27. The normalized spacial score (nSPS) is 28.9. The Kier molecular flexibility index (Phi) is 4.19. The lowest BCUT2D eigenvalue weighted by Gasteiger charge is -2.45. The highest BCUT2D eigenvalue weighted by Gasteiger charge is 2.37. The molecule has 0 unspecified atom stereocenters. The van der Waals surface area contributed by atoms with E-state index in [1.807, 2.05) is 0 Å². The second-order valence-electron chi connectivity index (χ2n) is 5.18. The van der Waals surface area contributed by atoms with Gasteiger partial charge in [0.2, 0.25) is 0 Å². The molecule has 2 heterocycles. The van der Waals surface area contributed by atoms with Gasteiger partial charge in [-0.1, -0.05) is 0 Å². The van der Waals surface area contributed by atoms with Crippen LogP contribution >= 0.6 is 0 Å². The molecule has 94 valence electrons. The zero-order chi connectivity index (χ0) is 11.4. The van der Waals surface area contributed by atoms with Gasteiger partial charge < -0.3 is 15.4 Å². The average Bonchev–Trinajstić information content (AvgIpc) is 2.55. The monoisotopic (exact) mass is 227 g/mol. The molecule has 4 nitrogen and oxygen atoms in total. The van der Waals surface area contributed by atoms with Crippen LogP contribution in [-0.2, 0) is 4.74 Å². The van der Waals surface area contributed by atoms with E-state index in [0.717, 1.165) is 39.1 Å². The second kappa shape index (κ2) is 5.45. The van der Waals surface area contributed by atoms with Crippen LogP contribution in [-0.4, -0.2) is 68.3 Å². The third kappa shape index (κ3) is 2.56. The minimum atomic E-state index is 0.226. The van der Waals surface area contributed by atoms with Gasteiger partial charge >= 0.3 is 0 Å². The molecular formula is C12H25N3O. The molecule has 0 radical (unpaired) electrons. The second-order valence-corrected chi connectivity index (χ2v) is 5.18. The molecule has 0 saturated carbocycles. The molecule has 2 N–H and O–H groups in total. The fourth-order valence-electron chi connectivity index (χ4n) is 2.92. The van der Waals surface area contributed by atoms with Crippen molar-refractivity contribution in [2.45, 2.75) is 24.8 Å². The number of nitrogens with two attached hydrogens (primary N) is 1. The molecule has 2 rings (SSSR count). The third-order valence-corrected chi connectivity index (χ3v) is 4.19. The molecule has 0 amide bonds. The van der Waals surface area contributed by atoms with Crippen LogP contribution < -0.4 is 5.73 Å². The molecule has 2 aliphatic rings. The first-order valence-electron chi connectivity index (χ1n) is 6.48. The highest BCUT2D eigenvalue weighted by atomic mass is 16.5. The lowest BCUT2D eigenvalue weighted by molar-refractivity contribution is -0.0223. The molecule has 0 bridgehead atoms. The van der Waals surface area contributed by atoms with Gasteiger partial charge in [0.05, 0.1) is 0 Å². The molecule has 0 aromatic heterocycles. The Morgan fingerprint density at radius 2 is 1.88 bits per heavy atom. The highest BCUT2D eigenvalue weighted by Crippen LogP contribution is 2.27. The largest absolute Gasteiger partial charge is 0.381 e. The van der Waals surface area contributed by atoms with Gasteiger partial charge in [-0.3, -0.25) is 4.90 Å². The quantitative estimate of drug-likeness (QED) is 0.728. The van der Waals surface area contributed by atoms with E-state index < -0.39 is 0 Å². The van der Waals surface area contributed by atoms with Crippen LogP contribution in [0.3, 0.4) is 0 Å². The Balaban J connectivity index is 2.01. The van der Waals surface area contributed by atoms with E-state index in [-0.39, 0.29) is 5.54 Å². The van der Waals surface area contributed by atoms with Gasteiger partial charge in [0.25, 0.3) is 0 Å². The summed E-state index contributed by atoms with van der Waals surface area (Å²) in [4.78, 5) is 5.04. The summed E-state index contributed by atoms with van der Waals surface area (Å²) in [5, 5.41) is 0. The molecule has 0 spiro atoms. The first-order chi connectivity index (χ1) is 7.77. The third-order valence-electron chi connectivity index (χ3n) is 4.19. The zero-order valence-electron chi connectivity index (χ0n) is 10.5. The number of nitrogens with zero attached hydrogens (tertiary/aromatic N) is 2. The summed E-state index contributed by atoms with van der Waals surface area (Å²) in [6, 6.07) is 0. The summed E-state index contributed by atoms with van der Waals surface area (Å²) < 4.78 is 5.48. The molecule has 4 heteroatoms. The van der Waals surface area contributed by atoms with Crippen molar-refractivity contribution in [3.63, 3.8) is 0 Å². The van der Waals surface area contributed by atoms with Gasteiger partial charge in [0.15, 0.2) is 0 Å². The fraction of sp³-hybridized carbons (Fsp3) is 1.00. The van der Waals surface area contributed by atoms with Crippen molar-refractivity contribution in [1.82, 2.24) is 9.80 Å². The van der Waals surface area contributed by atoms with E-state index in [0.29, 0.717) is 0 Å². The van der Waals surface area contributed by atoms with Crippen LogP contribution in [0, 0.1) is 0 Å². The van der Waals surface area contributed by atoms with Crippen molar-refractivity contribution in [2.75, 3.05) is 53.0 Å². The molecule has 16 heavy (non-hydrogen) atoms. The SMILES string of the molecule is CN1CCCN(C2(CN)CCOCC2)CC1. The van der Waals surface area contributed by atoms with E-state index >= 15 is 0 Å². The predicted octanol–water partition coefficient (Wildman–Crippen LogP) is 0.132. The van der Waals surface area contributed by atoms with Gasteiger partial charge in [-0.2, -0.15) is 0 Å². The van der Waals surface area contributed by atoms with Gasteiger partial charge in [-0.05, 0) is 32.9 Å². The van der Waals surface area contributed by atoms with Crippen LogP contribution in [0.5, 0.6) is 0 Å². The van der Waals surface area contributed by atoms with Gasteiger partial charge in [0, 0.05) is 44.9 Å². The first kappa shape index (κ1) is 12.3. The average molecular weight is 227 g/mol. The standard InChI is InChI=1S/C12H25N3O/c1-14-5-2-6-15(8-7-14)12(11-13)3-9-16-10-4-12/h2-11,13H2,1H3. The number of ether oxygens (including phenoxy) is 1. The summed E-state index contributed by atoms with van der Waals surface area (Å²) in [5.74, 6) is 0. The van der Waals surface area contributed by atoms with Crippen LogP contribution in [0.1, 0.15) is 19.3 Å². The molecule has 0 aromatic carbocycles. The Morgan fingerprint density at radius 3 is 2.56 bits per heavy atom. The molecule has 2 fully saturated rings. The number of hydrogen-bond acceptors (Lipinski definition) is 4. The number of hydrogen-bond donors (Lipinski definition) is 1. The van der Waals surface area contributed by atoms with Crippen LogP contribution in [0.4, 0.5) is 0 Å². The smallest absolute Gasteiger partial charge is 0.0484 e. The van der Waals surface area contributed by atoms with Crippen molar-refractivity contribution >= 4 is 0 Å². The molecular weight excluding hydrogens is 202 g/mol. The van der Waals surface area contributed by atoms with Gasteiger partial charge in [0.1, 0.15) is 0 Å². The van der Waals surface area contributed by atoms with Crippen LogP contribution in [0.15, 0.2) is 0 Å². The lowest BCUT2D eigenvalue weighted by Crippen LogP contribution is -2.57. The molecule has 0 aromatic rings. The Hall–Kier alpha value is -0.160. The molecule has 0 aliphatic carbocycles. The van der Waals surface area contributed by atoms with Gasteiger partial charge in [-0.15, -0.1) is 0 Å². The predicted molar refractivity (Wildman–Crippen MR) is 65.5 cm³/mol. The Bertz CT molecular complexity index is 216. The molecule has 0 atom stereocenters. The molecule has 2 saturated heterocycles. The van der Waals surface area contributed by atoms with E-state index in [1.165, 1.54) is 26.1 Å². The summed E-state index contributed by atoms with van der Waals surface area (Å²) in [6.45, 7) is 7.28. The molecule has 2 aliphatic heterocycles. The summed E-state index contributed by atoms with van der Waals surface area (Å²) in [6.07, 6.45) is 3.47. The Labute approximate surface area is 98.7 Å². The van der Waals surface area contributed by atoms with Crippen LogP contribution in [0.2, 0.25) is 0 Å². The topological polar surface area (TPSA) is 41.7 Å². The number of rotatable bonds is 2. The van der Waals surface area contributed by atoms with E-state index in [1.54, 1.807) is 0 Å². The maximum absolute atomic E-state index is 6.04. The number of likely N-dealkylation sites (N-methyl/N-ethyl adjacent to an activating group) is 1. The zero-order valence-corrected chi connectivity index (χ0v) is 10.5. The van der Waals surface area contributed by atoms with Crippen molar-refractivity contribution in [1.29, 1.82) is 0 Å². The van der Waals surface area contributed by atoms with Crippen molar-refractivity contribution in [3.05, 3.63) is 0 Å². The van der Waals surface area contributed by atoms with Crippen molar-refractivity contribution < 1.29 is 4.74 Å². The van der Waals surface area contributed by atoms with Crippen LogP contribution in [0.25, 0.3) is 0 Å². The van der Waals surface area contributed by atoms with E-state index in [4.69, 9.17) is 10.5 Å². The highest BCUT2D eigenvalue weighted by molar-refractivity contribution is 4.94. The minimum Gasteiger partial charge on any atom is -0.381 e. The minimum absolute atomic E-state index is 0.226. The first-order valence-corrected chi connectivity index (χ1v) is 6.48.